The van der Waals surface area contributed by atoms with E-state index in [9.17, 15) is 14.7 Å². The molecule has 3 atom stereocenters. The van der Waals surface area contributed by atoms with Gasteiger partial charge in [-0.25, -0.2) is 19.6 Å². The van der Waals surface area contributed by atoms with E-state index in [0.717, 1.165) is 99.4 Å². The summed E-state index contributed by atoms with van der Waals surface area (Å²) in [5.41, 5.74) is 14.0. The molecule has 6 aromatic carbocycles. The number of nitrogens with zero attached hydrogens (tertiary/aromatic N) is 4. The fourth-order valence-electron chi connectivity index (χ4n) is 10.7. The van der Waals surface area contributed by atoms with Crippen LogP contribution in [0.25, 0.3) is 66.1 Å². The summed E-state index contributed by atoms with van der Waals surface area (Å²) in [4.78, 5) is 45.5. The van der Waals surface area contributed by atoms with Crippen molar-refractivity contribution in [2.75, 3.05) is 25.1 Å². The minimum Gasteiger partial charge on any atom is -0.465 e. The van der Waals surface area contributed by atoms with Gasteiger partial charge in [0.05, 0.1) is 42.1 Å². The van der Waals surface area contributed by atoms with Gasteiger partial charge in [-0.3, -0.25) is 4.90 Å². The first-order valence-corrected chi connectivity index (χ1v) is 22.6. The van der Waals surface area contributed by atoms with Crippen LogP contribution in [0.3, 0.4) is 0 Å². The molecule has 4 heterocycles. The highest BCUT2D eigenvalue weighted by Gasteiger charge is 2.36. The first-order valence-electron chi connectivity index (χ1n) is 22.6. The van der Waals surface area contributed by atoms with Crippen LogP contribution in [0.4, 0.5) is 15.3 Å². The number of imidazole rings is 2. The number of hydrogen-bond donors (Lipinski definition) is 4. The minimum atomic E-state index is -0.902. The van der Waals surface area contributed by atoms with Gasteiger partial charge >= 0.3 is 12.2 Å². The number of carboxylic acid groups (broad SMARTS) is 1. The maximum absolute atomic E-state index is 12.5. The third-order valence-electron chi connectivity index (χ3n) is 14.0. The zero-order valence-electron chi connectivity index (χ0n) is 36.3. The fraction of sp³-hybridized carbons (Fsp3) is 0.283. The average molecular weight is 850 g/mol. The lowest BCUT2D eigenvalue weighted by Crippen LogP contribution is -2.40. The molecule has 322 valence electrons. The molecule has 3 aliphatic rings. The van der Waals surface area contributed by atoms with Gasteiger partial charge in [0.15, 0.2) is 0 Å². The topological polar surface area (TPSA) is 139 Å². The van der Waals surface area contributed by atoms with Crippen molar-refractivity contribution in [2.24, 2.45) is 5.92 Å². The summed E-state index contributed by atoms with van der Waals surface area (Å²) in [6.07, 6.45) is 5.74. The molecule has 2 aliphatic heterocycles. The third-order valence-corrected chi connectivity index (χ3v) is 14.0. The third kappa shape index (κ3) is 6.90. The van der Waals surface area contributed by atoms with Gasteiger partial charge in [-0.1, -0.05) is 92.7 Å². The predicted molar refractivity (Wildman–Crippen MR) is 253 cm³/mol. The van der Waals surface area contributed by atoms with Crippen LogP contribution in [0.2, 0.25) is 0 Å². The van der Waals surface area contributed by atoms with Gasteiger partial charge in [-0.15, -0.1) is 0 Å². The molecule has 11 nitrogen and oxygen atoms in total. The number of H-pyrrole nitrogens is 2. The summed E-state index contributed by atoms with van der Waals surface area (Å²) in [6.45, 7) is 5.76. The molecule has 1 aliphatic carbocycles. The van der Waals surface area contributed by atoms with Crippen molar-refractivity contribution in [3.63, 3.8) is 0 Å². The van der Waals surface area contributed by atoms with Crippen molar-refractivity contribution >= 4 is 50.5 Å². The summed E-state index contributed by atoms with van der Waals surface area (Å²) in [6, 6.07) is 37.1. The number of anilines is 1. The van der Waals surface area contributed by atoms with Crippen LogP contribution in [0.1, 0.15) is 80.0 Å². The Balaban J connectivity index is 0.889. The average Bonchev–Trinajstić information content (AvgIpc) is 4.17. The Morgan fingerprint density at radius 2 is 1.55 bits per heavy atom. The Labute approximate surface area is 371 Å². The molecule has 4 N–H and O–H groups in total. The van der Waals surface area contributed by atoms with Crippen LogP contribution in [0.5, 0.6) is 0 Å². The second-order valence-corrected chi connectivity index (χ2v) is 18.1. The van der Waals surface area contributed by atoms with Gasteiger partial charge in [-0.2, -0.15) is 0 Å². The van der Waals surface area contributed by atoms with Crippen molar-refractivity contribution in [1.82, 2.24) is 30.2 Å². The summed E-state index contributed by atoms with van der Waals surface area (Å²) < 4.78 is 5.04. The van der Waals surface area contributed by atoms with Gasteiger partial charge in [0.25, 0.3) is 0 Å². The van der Waals surface area contributed by atoms with E-state index in [0.29, 0.717) is 18.8 Å². The second-order valence-electron chi connectivity index (χ2n) is 18.1. The van der Waals surface area contributed by atoms with Gasteiger partial charge in [0.1, 0.15) is 11.6 Å². The van der Waals surface area contributed by atoms with Crippen molar-refractivity contribution in [2.45, 2.75) is 70.5 Å². The number of hydrogen-bond acceptors (Lipinski definition) is 6. The number of likely N-dealkylation sites (tertiary alicyclic amines) is 1. The van der Waals surface area contributed by atoms with Gasteiger partial charge in [-0.05, 0) is 117 Å². The standard InChI is InChI=1S/C53H51N7O4/c1-30(2)44(57-52(61)64-3)28-38-17-20-41-39-9-5-4-8-35(39)27-42(41)49(38)59-22-6-11-47(59)51-55-43-21-18-36-25-34(16-19-40(36)48(43)58-51)31-12-13-33-26-37(15-14-32(33)24-31)45-29-54-50(56-45)46-10-7-23-60(46)53(62)63/h4-5,8-9,12-21,24-26,29-30,44,46-47H,6-7,10-11,22-23,27-28H2,1-3H3,(H,54,56)(H,55,58)(H,57,61)(H,62,63)/t44-,46?,47-/m0/s1. The highest BCUT2D eigenvalue weighted by atomic mass is 16.5. The number of alkyl carbamates (subject to hydrolysis) is 1. The maximum atomic E-state index is 12.5. The number of aromatic nitrogens is 4. The number of rotatable bonds is 9. The van der Waals surface area contributed by atoms with Crippen molar-refractivity contribution in [1.29, 1.82) is 0 Å². The normalized spacial score (nSPS) is 17.4. The van der Waals surface area contributed by atoms with Crippen LogP contribution in [0, 0.1) is 5.92 Å². The Bertz CT molecular complexity index is 3130. The molecular formula is C53H51N7O4. The smallest absolute Gasteiger partial charge is 0.407 e. The number of ether oxygens (including phenoxy) is 1. The lowest BCUT2D eigenvalue weighted by atomic mass is 9.91. The monoisotopic (exact) mass is 849 g/mol. The van der Waals surface area contributed by atoms with Crippen LogP contribution in [0.15, 0.2) is 109 Å². The highest BCUT2D eigenvalue weighted by molar-refractivity contribution is 6.06. The first kappa shape index (κ1) is 39.7. The van der Waals surface area contributed by atoms with Crippen LogP contribution < -0.4 is 10.2 Å². The molecule has 8 aromatic rings. The van der Waals surface area contributed by atoms with Gasteiger partial charge in [0.2, 0.25) is 0 Å². The number of amides is 2. The number of methoxy groups -OCH3 is 1. The molecule has 2 saturated heterocycles. The molecule has 64 heavy (non-hydrogen) atoms. The number of benzene rings is 6. The number of nitrogens with one attached hydrogen (secondary N) is 3. The molecule has 0 bridgehead atoms. The molecule has 2 amide bonds. The quantitative estimate of drug-likeness (QED) is 0.113. The summed E-state index contributed by atoms with van der Waals surface area (Å²) in [5.74, 6) is 1.90. The predicted octanol–water partition coefficient (Wildman–Crippen LogP) is 11.6. The zero-order valence-corrected chi connectivity index (χ0v) is 36.3. The Kier molecular flexibility index (Phi) is 9.85. The van der Waals surface area contributed by atoms with Gasteiger partial charge in [0, 0.05) is 42.2 Å². The molecule has 0 spiro atoms. The minimum absolute atomic E-state index is 0.0739. The van der Waals surface area contributed by atoms with Gasteiger partial charge < -0.3 is 30.0 Å². The van der Waals surface area contributed by atoms with E-state index in [2.05, 4.69) is 142 Å². The van der Waals surface area contributed by atoms with Crippen LogP contribution in [-0.4, -0.2) is 68.4 Å². The lowest BCUT2D eigenvalue weighted by molar-refractivity contribution is 0.138. The zero-order chi connectivity index (χ0) is 43.6. The van der Waals surface area contributed by atoms with Crippen LogP contribution >= 0.6 is 0 Å². The van der Waals surface area contributed by atoms with Crippen LogP contribution in [-0.2, 0) is 17.6 Å². The van der Waals surface area contributed by atoms with E-state index in [-0.39, 0.29) is 24.0 Å². The van der Waals surface area contributed by atoms with E-state index >= 15 is 0 Å². The largest absolute Gasteiger partial charge is 0.465 e. The van der Waals surface area contributed by atoms with E-state index in [1.165, 1.54) is 45.5 Å². The van der Waals surface area contributed by atoms with E-state index in [1.807, 2.05) is 6.20 Å². The Morgan fingerprint density at radius 3 is 2.36 bits per heavy atom. The highest BCUT2D eigenvalue weighted by Crippen LogP contribution is 2.48. The molecular weight excluding hydrogens is 799 g/mol. The lowest BCUT2D eigenvalue weighted by Gasteiger charge is -2.32. The molecule has 0 saturated carbocycles. The molecule has 0 radical (unpaired) electrons. The van der Waals surface area contributed by atoms with E-state index < -0.39 is 12.2 Å². The Morgan fingerprint density at radius 1 is 0.812 bits per heavy atom. The van der Waals surface area contributed by atoms with E-state index in [1.54, 1.807) is 0 Å². The molecule has 2 fully saturated rings. The molecule has 11 heteroatoms. The SMILES string of the molecule is COC(=O)N[C@@H](Cc1ccc2c(c1N1CCC[C@H]1c1nc3c(ccc4cc(-c5ccc6cc(-c7cnc(C8CCCN8C(=O)O)[nH]7)ccc6c5)ccc43)[nH]1)Cc1ccccc1-2)C(C)C. The first-order chi connectivity index (χ1) is 31.2. The van der Waals surface area contributed by atoms with Crippen molar-refractivity contribution in [3.8, 4) is 33.5 Å². The summed E-state index contributed by atoms with van der Waals surface area (Å²) >= 11 is 0. The molecule has 11 rings (SSSR count). The second kappa shape index (κ2) is 15.9. The fourth-order valence-corrected chi connectivity index (χ4v) is 10.7. The summed E-state index contributed by atoms with van der Waals surface area (Å²) in [7, 11) is 1.42. The van der Waals surface area contributed by atoms with Crippen molar-refractivity contribution < 1.29 is 19.4 Å². The summed E-state index contributed by atoms with van der Waals surface area (Å²) in [5, 5.41) is 17.3. The van der Waals surface area contributed by atoms with Crippen molar-refractivity contribution in [3.05, 3.63) is 138 Å². The molecule has 1 unspecified atom stereocenters. The number of carbonyl (C=O) groups is 2. The van der Waals surface area contributed by atoms with E-state index in [4.69, 9.17) is 9.72 Å². The molecule has 2 aromatic heterocycles. The maximum Gasteiger partial charge on any atom is 0.407 e. The Hall–Kier alpha value is -7.14. The number of aromatic amines is 2. The number of carbonyl (C=O) groups excluding carboxylic acids is 1. The number of fused-ring (bicyclic) bond motifs is 7.